The van der Waals surface area contributed by atoms with Crippen LogP contribution in [-0.4, -0.2) is 24.5 Å². The van der Waals surface area contributed by atoms with E-state index in [1.54, 1.807) is 0 Å². The fourth-order valence-electron chi connectivity index (χ4n) is 1.30. The summed E-state index contributed by atoms with van der Waals surface area (Å²) in [6.45, 7) is 12.1. The highest BCUT2D eigenvalue weighted by Gasteiger charge is 1.89. The largest absolute Gasteiger partial charge is 0.304 e. The summed E-state index contributed by atoms with van der Waals surface area (Å²) in [5.41, 5.74) is 1.91. The molecule has 0 aromatic heterocycles. The highest BCUT2D eigenvalue weighted by atomic mass is 15.1. The molecule has 2 nitrogen and oxygen atoms in total. The van der Waals surface area contributed by atoms with Crippen LogP contribution in [0.2, 0.25) is 0 Å². The van der Waals surface area contributed by atoms with E-state index in [-0.39, 0.29) is 0 Å². The van der Waals surface area contributed by atoms with Gasteiger partial charge in [0, 0.05) is 0 Å². The Balaban J connectivity index is 0.000000293. The molecule has 0 heterocycles. The van der Waals surface area contributed by atoms with Crippen LogP contribution in [0.1, 0.15) is 31.9 Å². The summed E-state index contributed by atoms with van der Waals surface area (Å²) < 4.78 is 0. The monoisotopic (exact) mass is 218 g/mol. The molecule has 2 heteroatoms. The van der Waals surface area contributed by atoms with Crippen LogP contribution >= 0.6 is 0 Å². The second-order valence-corrected chi connectivity index (χ2v) is 3.60. The Hall–Kier alpha value is -1.33. The van der Waals surface area contributed by atoms with Crippen molar-refractivity contribution in [3.05, 3.63) is 35.4 Å². The summed E-state index contributed by atoms with van der Waals surface area (Å²) in [7, 11) is 0. The summed E-state index contributed by atoms with van der Waals surface area (Å²) in [6, 6.07) is 9.54. The first-order chi connectivity index (χ1) is 7.67. The van der Waals surface area contributed by atoms with Crippen molar-refractivity contribution in [1.29, 1.82) is 5.26 Å². The molecular weight excluding hydrogens is 196 g/mol. The maximum Gasteiger partial charge on any atom is 0.0991 e. The highest BCUT2D eigenvalue weighted by Crippen LogP contribution is 1.99. The van der Waals surface area contributed by atoms with Crippen molar-refractivity contribution >= 4 is 0 Å². The van der Waals surface area contributed by atoms with Crippen molar-refractivity contribution in [2.24, 2.45) is 0 Å². The Morgan fingerprint density at radius 1 is 1.00 bits per heavy atom. The molecule has 0 aliphatic rings. The minimum atomic E-state index is 0.723. The lowest BCUT2D eigenvalue weighted by Crippen LogP contribution is -2.21. The molecule has 0 spiro atoms. The molecule has 0 fully saturated rings. The van der Waals surface area contributed by atoms with E-state index in [0.29, 0.717) is 0 Å². The SMILES string of the molecule is CCN(CC)CC.Cc1ccc(C#N)cc1. The van der Waals surface area contributed by atoms with Gasteiger partial charge in [0.2, 0.25) is 0 Å². The van der Waals surface area contributed by atoms with Gasteiger partial charge in [-0.1, -0.05) is 38.5 Å². The highest BCUT2D eigenvalue weighted by molar-refractivity contribution is 5.30. The Morgan fingerprint density at radius 3 is 1.69 bits per heavy atom. The lowest BCUT2D eigenvalue weighted by Gasteiger charge is -2.13. The van der Waals surface area contributed by atoms with E-state index in [2.05, 4.69) is 31.7 Å². The average molecular weight is 218 g/mol. The van der Waals surface area contributed by atoms with Crippen molar-refractivity contribution in [2.75, 3.05) is 19.6 Å². The van der Waals surface area contributed by atoms with E-state index >= 15 is 0 Å². The second-order valence-electron chi connectivity index (χ2n) is 3.60. The van der Waals surface area contributed by atoms with E-state index in [9.17, 15) is 0 Å². The van der Waals surface area contributed by atoms with Crippen LogP contribution in [0.25, 0.3) is 0 Å². The molecule has 0 saturated carbocycles. The van der Waals surface area contributed by atoms with E-state index in [1.165, 1.54) is 25.2 Å². The molecule has 0 aliphatic carbocycles. The number of nitrogens with zero attached hydrogens (tertiary/aromatic N) is 2. The summed E-state index contributed by atoms with van der Waals surface area (Å²) in [4.78, 5) is 2.38. The molecule has 0 N–H and O–H groups in total. The third-order valence-electron chi connectivity index (χ3n) is 2.52. The first-order valence-electron chi connectivity index (χ1n) is 5.86. The van der Waals surface area contributed by atoms with Gasteiger partial charge < -0.3 is 4.90 Å². The zero-order valence-electron chi connectivity index (χ0n) is 10.8. The second kappa shape index (κ2) is 8.94. The first-order valence-corrected chi connectivity index (χ1v) is 5.86. The summed E-state index contributed by atoms with van der Waals surface area (Å²) in [5.74, 6) is 0. The first kappa shape index (κ1) is 14.7. The van der Waals surface area contributed by atoms with Crippen molar-refractivity contribution in [3.63, 3.8) is 0 Å². The number of aryl methyl sites for hydroxylation is 1. The normalized spacial score (nSPS) is 9.25. The molecular formula is C14H22N2. The van der Waals surface area contributed by atoms with Crippen molar-refractivity contribution < 1.29 is 0 Å². The quantitative estimate of drug-likeness (QED) is 0.779. The minimum absolute atomic E-state index is 0.723. The Morgan fingerprint density at radius 2 is 1.44 bits per heavy atom. The van der Waals surface area contributed by atoms with Crippen LogP contribution in [-0.2, 0) is 0 Å². The molecule has 1 aromatic carbocycles. The number of hydrogen-bond acceptors (Lipinski definition) is 2. The molecule has 0 radical (unpaired) electrons. The van der Waals surface area contributed by atoms with E-state index in [1.807, 2.05) is 31.2 Å². The molecule has 0 aliphatic heterocycles. The molecule has 1 rings (SSSR count). The van der Waals surface area contributed by atoms with E-state index in [0.717, 1.165) is 5.56 Å². The Labute approximate surface area is 99.5 Å². The zero-order chi connectivity index (χ0) is 12.4. The summed E-state index contributed by atoms with van der Waals surface area (Å²) in [6.07, 6.45) is 0. The van der Waals surface area contributed by atoms with Gasteiger partial charge >= 0.3 is 0 Å². The standard InChI is InChI=1S/C8H7N.C6H15N/c1-7-2-4-8(6-9)5-3-7;1-4-7(5-2)6-3/h2-5H,1H3;4-6H2,1-3H3. The summed E-state index contributed by atoms with van der Waals surface area (Å²) in [5, 5.41) is 8.38. The van der Waals surface area contributed by atoms with Crippen molar-refractivity contribution in [3.8, 4) is 6.07 Å². The third-order valence-corrected chi connectivity index (χ3v) is 2.52. The average Bonchev–Trinajstić information content (AvgIpc) is 2.33. The van der Waals surface area contributed by atoms with Gasteiger partial charge in [-0.15, -0.1) is 0 Å². The molecule has 0 atom stereocenters. The van der Waals surface area contributed by atoms with Gasteiger partial charge in [-0.05, 0) is 38.7 Å². The Kier molecular flexibility index (Phi) is 8.19. The molecule has 0 amide bonds. The van der Waals surface area contributed by atoms with Crippen LogP contribution in [0.5, 0.6) is 0 Å². The van der Waals surface area contributed by atoms with Crippen molar-refractivity contribution in [2.45, 2.75) is 27.7 Å². The number of nitriles is 1. The molecule has 0 saturated heterocycles. The molecule has 0 bridgehead atoms. The van der Waals surface area contributed by atoms with Crippen molar-refractivity contribution in [1.82, 2.24) is 4.90 Å². The third kappa shape index (κ3) is 6.21. The van der Waals surface area contributed by atoms with Gasteiger partial charge in [-0.25, -0.2) is 0 Å². The lowest BCUT2D eigenvalue weighted by molar-refractivity contribution is 0.321. The fourth-order valence-corrected chi connectivity index (χ4v) is 1.30. The van der Waals surface area contributed by atoms with Gasteiger partial charge in [0.05, 0.1) is 11.6 Å². The number of hydrogen-bond donors (Lipinski definition) is 0. The topological polar surface area (TPSA) is 27.0 Å². The van der Waals surface area contributed by atoms with Crippen LogP contribution in [0.4, 0.5) is 0 Å². The summed E-state index contributed by atoms with van der Waals surface area (Å²) >= 11 is 0. The zero-order valence-corrected chi connectivity index (χ0v) is 10.8. The van der Waals surface area contributed by atoms with Gasteiger partial charge in [0.15, 0.2) is 0 Å². The van der Waals surface area contributed by atoms with Gasteiger partial charge in [0.25, 0.3) is 0 Å². The van der Waals surface area contributed by atoms with Crippen LogP contribution in [0.3, 0.4) is 0 Å². The lowest BCUT2D eigenvalue weighted by atomic mass is 10.2. The minimum Gasteiger partial charge on any atom is -0.304 e. The maximum atomic E-state index is 8.38. The maximum absolute atomic E-state index is 8.38. The van der Waals surface area contributed by atoms with Crippen LogP contribution in [0.15, 0.2) is 24.3 Å². The molecule has 88 valence electrons. The van der Waals surface area contributed by atoms with Gasteiger partial charge in [0.1, 0.15) is 0 Å². The fraction of sp³-hybridized carbons (Fsp3) is 0.500. The Bertz CT molecular complexity index is 299. The van der Waals surface area contributed by atoms with Gasteiger partial charge in [-0.3, -0.25) is 0 Å². The molecule has 1 aromatic rings. The molecule has 16 heavy (non-hydrogen) atoms. The number of benzene rings is 1. The van der Waals surface area contributed by atoms with E-state index in [4.69, 9.17) is 5.26 Å². The predicted molar refractivity (Wildman–Crippen MR) is 69.4 cm³/mol. The molecule has 0 unspecified atom stereocenters. The van der Waals surface area contributed by atoms with Gasteiger partial charge in [-0.2, -0.15) is 5.26 Å². The van der Waals surface area contributed by atoms with E-state index < -0.39 is 0 Å². The van der Waals surface area contributed by atoms with Crippen LogP contribution < -0.4 is 0 Å². The smallest absolute Gasteiger partial charge is 0.0991 e. The number of rotatable bonds is 3. The van der Waals surface area contributed by atoms with Crippen LogP contribution in [0, 0.1) is 18.3 Å². The predicted octanol–water partition coefficient (Wildman–Crippen LogP) is 3.21.